The van der Waals surface area contributed by atoms with E-state index in [2.05, 4.69) is 55.1 Å². The van der Waals surface area contributed by atoms with Crippen LogP contribution in [0.5, 0.6) is 0 Å². The van der Waals surface area contributed by atoms with Crippen LogP contribution in [0.2, 0.25) is 0 Å². The van der Waals surface area contributed by atoms with E-state index in [-0.39, 0.29) is 36.0 Å². The van der Waals surface area contributed by atoms with Gasteiger partial charge < -0.3 is 20.3 Å². The molecule has 1 aliphatic heterocycles. The summed E-state index contributed by atoms with van der Waals surface area (Å²) in [6, 6.07) is 11.4. The van der Waals surface area contributed by atoms with Crippen LogP contribution in [0.1, 0.15) is 56.1 Å². The third kappa shape index (κ3) is 6.53. The maximum atomic E-state index is 12.3. The van der Waals surface area contributed by atoms with Crippen molar-refractivity contribution in [2.24, 2.45) is 0 Å². The van der Waals surface area contributed by atoms with Crippen molar-refractivity contribution in [1.82, 2.24) is 15.6 Å². The zero-order valence-corrected chi connectivity index (χ0v) is 19.6. The van der Waals surface area contributed by atoms with Gasteiger partial charge in [0.2, 0.25) is 5.91 Å². The first-order valence-corrected chi connectivity index (χ1v) is 11.1. The number of carbonyl (C=O) groups is 2. The van der Waals surface area contributed by atoms with Crippen molar-refractivity contribution in [1.29, 1.82) is 0 Å². The van der Waals surface area contributed by atoms with E-state index in [1.807, 2.05) is 24.3 Å². The van der Waals surface area contributed by atoms with Crippen molar-refractivity contribution < 1.29 is 14.3 Å². The van der Waals surface area contributed by atoms with E-state index in [4.69, 9.17) is 4.74 Å². The van der Waals surface area contributed by atoms with E-state index in [0.717, 1.165) is 30.0 Å². The highest BCUT2D eigenvalue weighted by atomic mass is 16.5. The van der Waals surface area contributed by atoms with Crippen molar-refractivity contribution in [3.63, 3.8) is 0 Å². The summed E-state index contributed by atoms with van der Waals surface area (Å²) >= 11 is 0. The minimum Gasteiger partial charge on any atom is -0.372 e. The number of aromatic nitrogens is 1. The van der Waals surface area contributed by atoms with E-state index in [0.29, 0.717) is 12.1 Å². The van der Waals surface area contributed by atoms with Gasteiger partial charge in [-0.1, -0.05) is 39.0 Å². The van der Waals surface area contributed by atoms with Gasteiger partial charge in [-0.15, -0.1) is 0 Å². The summed E-state index contributed by atoms with van der Waals surface area (Å²) in [4.78, 5) is 31.2. The Bertz CT molecular complexity index is 910. The maximum absolute atomic E-state index is 12.3. The Morgan fingerprint density at radius 2 is 1.69 bits per heavy atom. The van der Waals surface area contributed by atoms with Crippen LogP contribution in [0, 0.1) is 0 Å². The summed E-state index contributed by atoms with van der Waals surface area (Å²) in [6.45, 7) is 12.4. The highest BCUT2D eigenvalue weighted by molar-refractivity contribution is 5.96. The second-order valence-electron chi connectivity index (χ2n) is 9.47. The topological polar surface area (TPSA) is 83.6 Å². The van der Waals surface area contributed by atoms with Crippen LogP contribution >= 0.6 is 0 Å². The number of morpholine rings is 1. The third-order valence-corrected chi connectivity index (χ3v) is 5.47. The van der Waals surface area contributed by atoms with Crippen LogP contribution < -0.4 is 15.5 Å². The van der Waals surface area contributed by atoms with Gasteiger partial charge in [0.1, 0.15) is 5.82 Å². The summed E-state index contributed by atoms with van der Waals surface area (Å²) in [6.07, 6.45) is 2.12. The van der Waals surface area contributed by atoms with Crippen molar-refractivity contribution >= 4 is 17.6 Å². The van der Waals surface area contributed by atoms with Gasteiger partial charge in [0.05, 0.1) is 18.8 Å². The average molecular weight is 439 g/mol. The zero-order valence-electron chi connectivity index (χ0n) is 19.6. The Balaban J connectivity index is 1.44. The molecule has 1 saturated heterocycles. The Labute approximate surface area is 190 Å². The minimum absolute atomic E-state index is 0.0288. The third-order valence-electron chi connectivity index (χ3n) is 5.47. The number of nitrogens with zero attached hydrogens (tertiary/aromatic N) is 2. The van der Waals surface area contributed by atoms with Gasteiger partial charge in [-0.3, -0.25) is 9.59 Å². The predicted molar refractivity (Wildman–Crippen MR) is 126 cm³/mol. The van der Waals surface area contributed by atoms with Crippen molar-refractivity contribution in [2.75, 3.05) is 24.5 Å². The summed E-state index contributed by atoms with van der Waals surface area (Å²) in [5, 5.41) is 5.49. The predicted octanol–water partition coefficient (Wildman–Crippen LogP) is 3.04. The van der Waals surface area contributed by atoms with Gasteiger partial charge in [0.25, 0.3) is 5.91 Å². The second-order valence-corrected chi connectivity index (χ2v) is 9.47. The molecule has 2 amide bonds. The molecule has 0 bridgehead atoms. The summed E-state index contributed by atoms with van der Waals surface area (Å²) in [5.41, 5.74) is 2.63. The van der Waals surface area contributed by atoms with Crippen LogP contribution in [0.25, 0.3) is 0 Å². The van der Waals surface area contributed by atoms with Crippen molar-refractivity contribution in [3.8, 4) is 0 Å². The molecule has 172 valence electrons. The number of carbonyl (C=O) groups excluding carboxylic acids is 2. The number of ether oxygens (including phenoxy) is 1. The molecular weight excluding hydrogens is 404 g/mol. The largest absolute Gasteiger partial charge is 0.372 e. The molecule has 2 heterocycles. The monoisotopic (exact) mass is 438 g/mol. The lowest BCUT2D eigenvalue weighted by molar-refractivity contribution is -0.120. The average Bonchev–Trinajstić information content (AvgIpc) is 2.75. The molecule has 1 aromatic heterocycles. The molecule has 2 aromatic rings. The highest BCUT2D eigenvalue weighted by Crippen LogP contribution is 2.22. The normalized spacial score (nSPS) is 18.8. The van der Waals surface area contributed by atoms with Crippen LogP contribution in [0.3, 0.4) is 0 Å². The molecule has 1 aliphatic rings. The molecule has 32 heavy (non-hydrogen) atoms. The molecule has 0 aliphatic carbocycles. The van der Waals surface area contributed by atoms with Gasteiger partial charge in [0, 0.05) is 31.4 Å². The number of hydrogen-bond acceptors (Lipinski definition) is 5. The molecule has 2 N–H and O–H groups in total. The number of amides is 2. The quantitative estimate of drug-likeness (QED) is 0.724. The summed E-state index contributed by atoms with van der Waals surface area (Å²) in [5.74, 6) is 0.400. The summed E-state index contributed by atoms with van der Waals surface area (Å²) < 4.78 is 5.77. The van der Waals surface area contributed by atoms with Crippen LogP contribution in [0.15, 0.2) is 42.6 Å². The number of nitrogens with one attached hydrogen (secondary N) is 2. The first-order valence-electron chi connectivity index (χ1n) is 11.1. The molecule has 7 nitrogen and oxygen atoms in total. The Morgan fingerprint density at radius 1 is 1.03 bits per heavy atom. The van der Waals surface area contributed by atoms with E-state index in [1.54, 1.807) is 18.3 Å². The molecule has 1 aromatic carbocycles. The molecule has 0 radical (unpaired) electrons. The van der Waals surface area contributed by atoms with Crippen LogP contribution in [0.4, 0.5) is 5.82 Å². The standard InChI is InChI=1S/C25H34N4O3/c1-17-15-29(16-18(2)32-17)22-11-6-19(12-26-22)13-27-23(30)14-28-24(31)20-7-9-21(10-8-20)25(3,4)5/h6-12,17-18H,13-16H2,1-5H3,(H,27,30)(H,28,31). The minimum atomic E-state index is -0.263. The maximum Gasteiger partial charge on any atom is 0.251 e. The van der Waals surface area contributed by atoms with Gasteiger partial charge in [-0.2, -0.15) is 0 Å². The Morgan fingerprint density at radius 3 is 2.25 bits per heavy atom. The zero-order chi connectivity index (χ0) is 23.3. The molecule has 2 unspecified atom stereocenters. The molecule has 7 heteroatoms. The first kappa shape index (κ1) is 23.7. The van der Waals surface area contributed by atoms with E-state index in [1.165, 1.54) is 0 Å². The SMILES string of the molecule is CC1CN(c2ccc(CNC(=O)CNC(=O)c3ccc(C(C)(C)C)cc3)cn2)CC(C)O1. The fourth-order valence-electron chi connectivity index (χ4n) is 3.72. The van der Waals surface area contributed by atoms with Gasteiger partial charge >= 0.3 is 0 Å². The molecule has 3 rings (SSSR count). The van der Waals surface area contributed by atoms with E-state index in [9.17, 15) is 9.59 Å². The van der Waals surface area contributed by atoms with E-state index < -0.39 is 0 Å². The smallest absolute Gasteiger partial charge is 0.251 e. The first-order chi connectivity index (χ1) is 15.1. The molecule has 0 saturated carbocycles. The Kier molecular flexibility index (Phi) is 7.51. The number of rotatable bonds is 6. The van der Waals surface area contributed by atoms with Crippen LogP contribution in [-0.2, 0) is 21.5 Å². The number of benzene rings is 1. The highest BCUT2D eigenvalue weighted by Gasteiger charge is 2.23. The number of anilines is 1. The van der Waals surface area contributed by atoms with Crippen LogP contribution in [-0.4, -0.2) is 48.6 Å². The van der Waals surface area contributed by atoms with Gasteiger partial charge in [-0.05, 0) is 48.6 Å². The molecular formula is C25H34N4O3. The van der Waals surface area contributed by atoms with E-state index >= 15 is 0 Å². The lowest BCUT2D eigenvalue weighted by Gasteiger charge is -2.36. The van der Waals surface area contributed by atoms with Gasteiger partial charge in [-0.25, -0.2) is 4.98 Å². The lowest BCUT2D eigenvalue weighted by atomic mass is 9.87. The lowest BCUT2D eigenvalue weighted by Crippen LogP contribution is -2.45. The van der Waals surface area contributed by atoms with Crippen molar-refractivity contribution in [2.45, 2.75) is 58.8 Å². The fraction of sp³-hybridized carbons (Fsp3) is 0.480. The number of pyridine rings is 1. The molecule has 2 atom stereocenters. The van der Waals surface area contributed by atoms with Gasteiger partial charge in [0.15, 0.2) is 0 Å². The fourth-order valence-corrected chi connectivity index (χ4v) is 3.72. The number of hydrogen-bond donors (Lipinski definition) is 2. The Hall–Kier alpha value is -2.93. The molecule has 1 fully saturated rings. The second kappa shape index (κ2) is 10.1. The van der Waals surface area contributed by atoms with Crippen molar-refractivity contribution in [3.05, 3.63) is 59.3 Å². The summed E-state index contributed by atoms with van der Waals surface area (Å²) in [7, 11) is 0. The molecule has 0 spiro atoms.